The Balaban J connectivity index is 1.63. The third-order valence-corrected chi connectivity index (χ3v) is 9.90. The number of ether oxygens (including phenoxy) is 3. The SMILES string of the molecule is COc1ccc(S(=O)(=O)Nc2ccc3c(c2)C(=O)N([C@H](C)CO)C[C@@H](C)[C@@H](CN(C)C(=O)Nc2ccccc2)OCCCC[C@@H](C)O3)cc1. The lowest BCUT2D eigenvalue weighted by atomic mass is 10.0. The van der Waals surface area contributed by atoms with Crippen LogP contribution in [0, 0.1) is 5.92 Å². The molecule has 0 saturated heterocycles. The number of nitrogens with zero attached hydrogens (tertiary/aromatic N) is 2. The smallest absolute Gasteiger partial charge is 0.321 e. The Bertz CT molecular complexity index is 1640. The highest BCUT2D eigenvalue weighted by molar-refractivity contribution is 7.92. The number of urea groups is 1. The molecule has 13 heteroatoms. The zero-order valence-electron chi connectivity index (χ0n) is 28.8. The van der Waals surface area contributed by atoms with Gasteiger partial charge in [-0.05, 0) is 87.7 Å². The number of carbonyl (C=O) groups is 2. The number of sulfonamides is 1. The first-order chi connectivity index (χ1) is 23.4. The predicted octanol–water partition coefficient (Wildman–Crippen LogP) is 5.46. The van der Waals surface area contributed by atoms with Crippen LogP contribution in [0.1, 0.15) is 50.4 Å². The zero-order valence-corrected chi connectivity index (χ0v) is 29.6. The summed E-state index contributed by atoms with van der Waals surface area (Å²) < 4.78 is 46.8. The minimum atomic E-state index is -4.00. The Morgan fingerprint density at radius 2 is 1.78 bits per heavy atom. The van der Waals surface area contributed by atoms with Crippen LogP contribution in [0.3, 0.4) is 0 Å². The minimum absolute atomic E-state index is 0.0300. The molecule has 3 aromatic carbocycles. The quantitative estimate of drug-likeness (QED) is 0.268. The van der Waals surface area contributed by atoms with Gasteiger partial charge in [-0.15, -0.1) is 0 Å². The second-order valence-corrected chi connectivity index (χ2v) is 14.2. The number of benzene rings is 3. The molecule has 12 nitrogen and oxygen atoms in total. The van der Waals surface area contributed by atoms with Crippen molar-refractivity contribution in [2.24, 2.45) is 5.92 Å². The number of hydrogen-bond donors (Lipinski definition) is 3. The van der Waals surface area contributed by atoms with Crippen molar-refractivity contribution >= 4 is 33.3 Å². The number of para-hydroxylation sites is 1. The van der Waals surface area contributed by atoms with Crippen molar-refractivity contribution in [3.63, 3.8) is 0 Å². The first-order valence-corrected chi connectivity index (χ1v) is 18.0. The number of amides is 3. The van der Waals surface area contributed by atoms with Crippen LogP contribution in [-0.2, 0) is 14.8 Å². The standard InChI is InChI=1S/C36H48N4O8S/c1-25-22-40(26(2)24-41)35(42)32-21-29(38-49(44,45)31-17-15-30(46-5)16-18-31)14-19-33(32)48-27(3)11-9-10-20-47-34(25)23-39(4)36(43)37-28-12-7-6-8-13-28/h6-8,12-19,21,25-27,34,38,41H,9-11,20,22-24H2,1-5H3,(H,37,43)/t25-,26-,27-,34-/m1/s1. The van der Waals surface area contributed by atoms with Gasteiger partial charge in [0, 0.05) is 44.0 Å². The number of carbonyl (C=O) groups excluding carboxylic acids is 2. The summed E-state index contributed by atoms with van der Waals surface area (Å²) in [6.45, 7) is 6.22. The third-order valence-electron chi connectivity index (χ3n) is 8.50. The molecule has 0 radical (unpaired) electrons. The Morgan fingerprint density at radius 3 is 2.45 bits per heavy atom. The molecular formula is C36H48N4O8S. The second kappa shape index (κ2) is 17.4. The first kappa shape index (κ1) is 37.5. The van der Waals surface area contributed by atoms with Crippen molar-refractivity contribution in [3.8, 4) is 11.5 Å². The van der Waals surface area contributed by atoms with Crippen LogP contribution in [0.15, 0.2) is 77.7 Å². The van der Waals surface area contributed by atoms with E-state index in [0.717, 1.165) is 12.8 Å². The highest BCUT2D eigenvalue weighted by Gasteiger charge is 2.31. The predicted molar refractivity (Wildman–Crippen MR) is 189 cm³/mol. The summed E-state index contributed by atoms with van der Waals surface area (Å²) in [4.78, 5) is 30.6. The van der Waals surface area contributed by atoms with E-state index >= 15 is 0 Å². The van der Waals surface area contributed by atoms with Crippen LogP contribution in [0.2, 0.25) is 0 Å². The molecule has 3 aromatic rings. The van der Waals surface area contributed by atoms with Crippen molar-refractivity contribution in [1.82, 2.24) is 9.80 Å². The summed E-state index contributed by atoms with van der Waals surface area (Å²) in [6.07, 6.45) is 1.60. The van der Waals surface area contributed by atoms with E-state index in [-0.39, 0.29) is 53.9 Å². The van der Waals surface area contributed by atoms with Crippen LogP contribution in [0.25, 0.3) is 0 Å². The van der Waals surface area contributed by atoms with E-state index in [1.54, 1.807) is 48.0 Å². The number of aliphatic hydroxyl groups excluding tert-OH is 1. The molecule has 4 atom stereocenters. The van der Waals surface area contributed by atoms with Crippen molar-refractivity contribution in [3.05, 3.63) is 78.4 Å². The van der Waals surface area contributed by atoms with Crippen LogP contribution in [0.5, 0.6) is 11.5 Å². The summed E-state index contributed by atoms with van der Waals surface area (Å²) in [5.41, 5.74) is 1.01. The summed E-state index contributed by atoms with van der Waals surface area (Å²) >= 11 is 0. The van der Waals surface area contributed by atoms with Crippen LogP contribution >= 0.6 is 0 Å². The first-order valence-electron chi connectivity index (χ1n) is 16.5. The van der Waals surface area contributed by atoms with Gasteiger partial charge in [-0.2, -0.15) is 0 Å². The monoisotopic (exact) mass is 696 g/mol. The van der Waals surface area contributed by atoms with E-state index in [4.69, 9.17) is 14.2 Å². The Labute approximate surface area is 289 Å². The van der Waals surface area contributed by atoms with Gasteiger partial charge < -0.3 is 34.4 Å². The molecule has 0 fully saturated rings. The number of fused-ring (bicyclic) bond motifs is 1. The van der Waals surface area contributed by atoms with Crippen molar-refractivity contribution < 1.29 is 37.3 Å². The normalized spacial score (nSPS) is 19.8. The molecule has 1 aliphatic rings. The van der Waals surface area contributed by atoms with Gasteiger partial charge in [-0.25, -0.2) is 13.2 Å². The van der Waals surface area contributed by atoms with Crippen molar-refractivity contribution in [2.75, 3.05) is 50.5 Å². The molecule has 49 heavy (non-hydrogen) atoms. The molecule has 0 unspecified atom stereocenters. The Kier molecular flexibility index (Phi) is 13.3. The largest absolute Gasteiger partial charge is 0.497 e. The molecular weight excluding hydrogens is 648 g/mol. The van der Waals surface area contributed by atoms with Gasteiger partial charge in [0.05, 0.1) is 42.4 Å². The van der Waals surface area contributed by atoms with Crippen LogP contribution in [0.4, 0.5) is 16.2 Å². The van der Waals surface area contributed by atoms with E-state index in [0.29, 0.717) is 30.2 Å². The van der Waals surface area contributed by atoms with E-state index < -0.39 is 28.1 Å². The van der Waals surface area contributed by atoms with E-state index in [9.17, 15) is 23.1 Å². The fourth-order valence-electron chi connectivity index (χ4n) is 5.51. The van der Waals surface area contributed by atoms with Crippen LogP contribution in [-0.4, -0.2) is 94.0 Å². The van der Waals surface area contributed by atoms with Crippen molar-refractivity contribution in [1.29, 1.82) is 0 Å². The van der Waals surface area contributed by atoms with Gasteiger partial charge in [0.1, 0.15) is 11.5 Å². The number of nitrogens with one attached hydrogen (secondary N) is 2. The zero-order chi connectivity index (χ0) is 35.6. The van der Waals surface area contributed by atoms with E-state index in [1.807, 2.05) is 44.2 Å². The van der Waals surface area contributed by atoms with Gasteiger partial charge in [0.25, 0.3) is 15.9 Å². The van der Waals surface area contributed by atoms with E-state index in [2.05, 4.69) is 10.0 Å². The molecule has 0 bridgehead atoms. The molecule has 266 valence electrons. The van der Waals surface area contributed by atoms with Gasteiger partial charge in [-0.3, -0.25) is 9.52 Å². The van der Waals surface area contributed by atoms with Gasteiger partial charge in [-0.1, -0.05) is 25.1 Å². The number of methoxy groups -OCH3 is 1. The Hall–Kier alpha value is -4.33. The average Bonchev–Trinajstić information content (AvgIpc) is 3.09. The molecule has 4 rings (SSSR count). The molecule has 0 aromatic heterocycles. The maximum Gasteiger partial charge on any atom is 0.321 e. The summed E-state index contributed by atoms with van der Waals surface area (Å²) in [7, 11) is -0.803. The molecule has 0 spiro atoms. The van der Waals surface area contributed by atoms with Gasteiger partial charge in [0.15, 0.2) is 0 Å². The topological polar surface area (TPSA) is 147 Å². The summed E-state index contributed by atoms with van der Waals surface area (Å²) in [6, 6.07) is 18.9. The maximum atomic E-state index is 14.4. The lowest BCUT2D eigenvalue weighted by Crippen LogP contribution is -2.48. The number of likely N-dealkylation sites (N-methyl/N-ethyl adjacent to an activating group) is 1. The van der Waals surface area contributed by atoms with E-state index in [1.165, 1.54) is 25.3 Å². The lowest BCUT2D eigenvalue weighted by molar-refractivity contribution is -0.0115. The third kappa shape index (κ3) is 10.3. The molecule has 0 aliphatic carbocycles. The van der Waals surface area contributed by atoms with Gasteiger partial charge in [0.2, 0.25) is 0 Å². The fraction of sp³-hybridized carbons (Fsp3) is 0.444. The van der Waals surface area contributed by atoms with Crippen molar-refractivity contribution in [2.45, 2.75) is 63.2 Å². The second-order valence-electron chi connectivity index (χ2n) is 12.5. The fourth-order valence-corrected chi connectivity index (χ4v) is 6.56. The number of aliphatic hydroxyl groups is 1. The average molecular weight is 697 g/mol. The number of rotatable bonds is 9. The molecule has 3 amide bonds. The molecule has 1 heterocycles. The number of anilines is 2. The minimum Gasteiger partial charge on any atom is -0.497 e. The lowest BCUT2D eigenvalue weighted by Gasteiger charge is -2.35. The molecule has 0 saturated carbocycles. The Morgan fingerprint density at radius 1 is 1.06 bits per heavy atom. The summed E-state index contributed by atoms with van der Waals surface area (Å²) in [5.74, 6) is 0.138. The molecule has 3 N–H and O–H groups in total. The maximum absolute atomic E-state index is 14.4. The number of hydrogen-bond acceptors (Lipinski definition) is 8. The highest BCUT2D eigenvalue weighted by atomic mass is 32.2. The highest BCUT2D eigenvalue weighted by Crippen LogP contribution is 2.30. The van der Waals surface area contributed by atoms with Gasteiger partial charge >= 0.3 is 6.03 Å². The molecule has 1 aliphatic heterocycles. The summed E-state index contributed by atoms with van der Waals surface area (Å²) in [5, 5.41) is 13.1. The van der Waals surface area contributed by atoms with Crippen LogP contribution < -0.4 is 19.5 Å².